The van der Waals surface area contributed by atoms with Crippen molar-refractivity contribution < 1.29 is 26.3 Å². The predicted octanol–water partition coefficient (Wildman–Crippen LogP) is 8.48. The number of hydrogen-bond acceptors (Lipinski definition) is 3. The van der Waals surface area contributed by atoms with Gasteiger partial charge in [0.25, 0.3) is 0 Å². The normalized spacial score (nSPS) is 12.7. The molecule has 0 aliphatic heterocycles. The van der Waals surface area contributed by atoms with Crippen molar-refractivity contribution in [1.82, 2.24) is 20.0 Å². The van der Waals surface area contributed by atoms with Crippen LogP contribution in [-0.4, -0.2) is 38.4 Å². The third-order valence-corrected chi connectivity index (χ3v) is 22.2. The quantitative estimate of drug-likeness (QED) is 0.136. The summed E-state index contributed by atoms with van der Waals surface area (Å²) in [6.07, 6.45) is -1.93. The van der Waals surface area contributed by atoms with Gasteiger partial charge in [0.1, 0.15) is 0 Å². The third-order valence-electron chi connectivity index (χ3n) is 7.15. The van der Waals surface area contributed by atoms with Crippen LogP contribution in [0.5, 0.6) is 0 Å². The summed E-state index contributed by atoms with van der Waals surface area (Å²) in [5, 5.41) is 9.06. The Morgan fingerprint density at radius 3 is 1.74 bits per heavy atom. The van der Waals surface area contributed by atoms with Crippen LogP contribution in [0.1, 0.15) is 76.0 Å². The van der Waals surface area contributed by atoms with Crippen LogP contribution < -0.4 is 3.71 Å². The average Bonchev–Trinajstić information content (AvgIpc) is 3.31. The van der Waals surface area contributed by atoms with Gasteiger partial charge in [0.15, 0.2) is 0 Å². The molecule has 0 aliphatic rings. The molecule has 39 heavy (non-hydrogen) atoms. The van der Waals surface area contributed by atoms with E-state index in [1.807, 2.05) is 12.1 Å². The van der Waals surface area contributed by atoms with Crippen LogP contribution in [0.4, 0.5) is 26.3 Å². The van der Waals surface area contributed by atoms with E-state index >= 15 is 0 Å². The second-order valence-electron chi connectivity index (χ2n) is 10.2. The summed E-state index contributed by atoms with van der Waals surface area (Å²) in [5.41, 5.74) is -1.59. The molecule has 2 heterocycles. The molecule has 0 amide bonds. The van der Waals surface area contributed by atoms with Crippen molar-refractivity contribution in [3.05, 3.63) is 59.3 Å². The Kier molecular flexibility index (Phi) is 10.9. The zero-order valence-electron chi connectivity index (χ0n) is 22.7. The SMILES string of the molecule is CCC[CH2][Sn]([CH2]CCC)([CH2]CCC)[c]1nnn(Cc2cc(C(F)(F)F)cc(C(F)(F)F)c2)c1-c1ccccn1. The van der Waals surface area contributed by atoms with Crippen LogP contribution in [0.25, 0.3) is 11.4 Å². The maximum absolute atomic E-state index is 13.5. The molecule has 0 bridgehead atoms. The topological polar surface area (TPSA) is 43.6 Å². The summed E-state index contributed by atoms with van der Waals surface area (Å²) in [6, 6.07) is 7.07. The molecule has 2 aromatic heterocycles. The summed E-state index contributed by atoms with van der Waals surface area (Å²) in [4.78, 5) is 4.52. The van der Waals surface area contributed by atoms with Crippen molar-refractivity contribution in [2.75, 3.05) is 0 Å². The Bertz CT molecular complexity index is 1140. The van der Waals surface area contributed by atoms with Gasteiger partial charge >= 0.3 is 231 Å². The first-order valence-corrected chi connectivity index (χ1v) is 21.1. The Hall–Kier alpha value is -2.11. The molecule has 0 atom stereocenters. The van der Waals surface area contributed by atoms with Crippen LogP contribution in [0.15, 0.2) is 42.6 Å². The molecule has 0 saturated carbocycles. The molecule has 1 aromatic carbocycles. The first kappa shape index (κ1) is 31.4. The van der Waals surface area contributed by atoms with Crippen LogP contribution in [-0.2, 0) is 18.9 Å². The number of halogens is 6. The number of hydrogen-bond donors (Lipinski definition) is 0. The molecular weight excluding hydrogens is 625 g/mol. The number of aromatic nitrogens is 4. The molecule has 3 rings (SSSR count). The van der Waals surface area contributed by atoms with E-state index in [-0.39, 0.29) is 18.2 Å². The van der Waals surface area contributed by atoms with E-state index in [9.17, 15) is 26.3 Å². The number of pyridine rings is 1. The molecule has 0 radical (unpaired) electrons. The molecule has 0 saturated heterocycles. The average molecular weight is 661 g/mol. The van der Waals surface area contributed by atoms with E-state index < -0.39 is 41.9 Å². The van der Waals surface area contributed by atoms with Gasteiger partial charge in [0.2, 0.25) is 0 Å². The van der Waals surface area contributed by atoms with Crippen molar-refractivity contribution in [3.8, 4) is 11.4 Å². The Labute approximate surface area is 230 Å². The number of rotatable bonds is 13. The molecule has 11 heteroatoms. The molecule has 0 N–H and O–H groups in total. The summed E-state index contributed by atoms with van der Waals surface area (Å²) in [6.45, 7) is 6.18. The second-order valence-corrected chi connectivity index (χ2v) is 23.1. The number of alkyl halides is 6. The van der Waals surface area contributed by atoms with Gasteiger partial charge in [-0.1, -0.05) is 0 Å². The monoisotopic (exact) mass is 662 g/mol. The van der Waals surface area contributed by atoms with Crippen molar-refractivity contribution in [3.63, 3.8) is 0 Å². The van der Waals surface area contributed by atoms with Crippen molar-refractivity contribution >= 4 is 22.1 Å². The first-order chi connectivity index (χ1) is 18.4. The van der Waals surface area contributed by atoms with Gasteiger partial charge in [-0.3, -0.25) is 0 Å². The first-order valence-electron chi connectivity index (χ1n) is 13.6. The van der Waals surface area contributed by atoms with Crippen molar-refractivity contribution in [2.24, 2.45) is 0 Å². The van der Waals surface area contributed by atoms with Gasteiger partial charge in [-0.25, -0.2) is 0 Å². The summed E-state index contributed by atoms with van der Waals surface area (Å²) >= 11 is -3.21. The van der Waals surface area contributed by atoms with E-state index in [2.05, 4.69) is 36.1 Å². The maximum atomic E-state index is 13.5. The molecule has 4 nitrogen and oxygen atoms in total. The zero-order chi connectivity index (χ0) is 28.7. The zero-order valence-corrected chi connectivity index (χ0v) is 25.5. The summed E-state index contributed by atoms with van der Waals surface area (Å²) < 4.78 is 86.8. The molecule has 0 spiro atoms. The van der Waals surface area contributed by atoms with E-state index in [0.717, 1.165) is 67.7 Å². The number of unbranched alkanes of at least 4 members (excludes halogenated alkanes) is 3. The van der Waals surface area contributed by atoms with E-state index in [4.69, 9.17) is 0 Å². The van der Waals surface area contributed by atoms with Gasteiger partial charge < -0.3 is 0 Å². The van der Waals surface area contributed by atoms with E-state index in [1.165, 1.54) is 4.68 Å². The fourth-order valence-corrected chi connectivity index (χ4v) is 21.0. The van der Waals surface area contributed by atoms with Crippen LogP contribution in [0.2, 0.25) is 13.3 Å². The summed E-state index contributed by atoms with van der Waals surface area (Å²) in [5.74, 6) is 0. The summed E-state index contributed by atoms with van der Waals surface area (Å²) in [7, 11) is 0. The minimum absolute atomic E-state index is 0.137. The molecule has 0 fully saturated rings. The molecule has 3 aromatic rings. The van der Waals surface area contributed by atoms with Gasteiger partial charge in [-0.2, -0.15) is 0 Å². The van der Waals surface area contributed by atoms with E-state index in [1.54, 1.807) is 12.3 Å². The van der Waals surface area contributed by atoms with Crippen LogP contribution in [0.3, 0.4) is 0 Å². The molecule has 0 aliphatic carbocycles. The standard InChI is InChI=1S/C16H9F6N4.3C4H9.Sn/c17-15(18,19)11-5-10(6-12(7-11)16(20,21)22)9-26-14(8-24-25-26)13-3-1-2-4-23-13;3*1-3-4-2;/h1-7H,9H2;3*1,3-4H2,2H3;. The van der Waals surface area contributed by atoms with Crippen LogP contribution in [0, 0.1) is 0 Å². The number of benzene rings is 1. The molecule has 0 unspecified atom stereocenters. The Balaban J connectivity index is 2.22. The van der Waals surface area contributed by atoms with Crippen molar-refractivity contribution in [1.29, 1.82) is 0 Å². The van der Waals surface area contributed by atoms with Gasteiger partial charge in [0.05, 0.1) is 0 Å². The molecule has 214 valence electrons. The fraction of sp³-hybridized carbons (Fsp3) is 0.536. The van der Waals surface area contributed by atoms with Crippen LogP contribution >= 0.6 is 0 Å². The second kappa shape index (κ2) is 13.5. The van der Waals surface area contributed by atoms with Crippen molar-refractivity contribution in [2.45, 2.75) is 91.5 Å². The molecular formula is C28H36F6N4Sn. The van der Waals surface area contributed by atoms with E-state index in [0.29, 0.717) is 11.4 Å². The predicted molar refractivity (Wildman–Crippen MR) is 143 cm³/mol. The van der Waals surface area contributed by atoms with Gasteiger partial charge in [0, 0.05) is 0 Å². The number of nitrogens with zero attached hydrogens (tertiary/aromatic N) is 4. The fourth-order valence-electron chi connectivity index (χ4n) is 5.10. The Morgan fingerprint density at radius 2 is 1.31 bits per heavy atom. The minimum atomic E-state index is -4.92. The van der Waals surface area contributed by atoms with Gasteiger partial charge in [-0.15, -0.1) is 0 Å². The van der Waals surface area contributed by atoms with Gasteiger partial charge in [-0.05, 0) is 0 Å². The third kappa shape index (κ3) is 7.98. The Morgan fingerprint density at radius 1 is 0.769 bits per heavy atom.